The quantitative estimate of drug-likeness (QED) is 0.648. The Hall–Kier alpha value is -1.24. The van der Waals surface area contributed by atoms with E-state index in [9.17, 15) is 4.79 Å². The molecule has 4 heteroatoms. The Morgan fingerprint density at radius 3 is 2.71 bits per heavy atom. The molecule has 78 valence electrons. The first-order valence-electron chi connectivity index (χ1n) is 5.10. The molecule has 0 aromatic rings. The van der Waals surface area contributed by atoms with Crippen molar-refractivity contribution in [3.63, 3.8) is 0 Å². The maximum Gasteiger partial charge on any atom is 0.410 e. The molecular formula is C10H16N2O2. The van der Waals surface area contributed by atoms with Crippen molar-refractivity contribution >= 4 is 6.09 Å². The van der Waals surface area contributed by atoms with Crippen LogP contribution in [0.25, 0.3) is 0 Å². The van der Waals surface area contributed by atoms with Gasteiger partial charge in [0.05, 0.1) is 12.7 Å². The molecule has 1 saturated carbocycles. The molecule has 1 aliphatic rings. The van der Waals surface area contributed by atoms with Crippen LogP contribution in [0.5, 0.6) is 0 Å². The van der Waals surface area contributed by atoms with Crippen LogP contribution in [-0.2, 0) is 4.74 Å². The molecule has 0 atom stereocenters. The van der Waals surface area contributed by atoms with Gasteiger partial charge in [-0.05, 0) is 19.8 Å². The Morgan fingerprint density at radius 1 is 1.57 bits per heavy atom. The van der Waals surface area contributed by atoms with E-state index in [1.54, 1.807) is 11.8 Å². The normalized spacial score (nSPS) is 16.3. The highest BCUT2D eigenvalue weighted by Crippen LogP contribution is 2.23. The third-order valence-corrected chi connectivity index (χ3v) is 2.51. The summed E-state index contributed by atoms with van der Waals surface area (Å²) in [4.78, 5) is 13.0. The number of hydrogen-bond donors (Lipinski definition) is 0. The fraction of sp³-hybridized carbons (Fsp3) is 0.800. The summed E-state index contributed by atoms with van der Waals surface area (Å²) in [6, 6.07) is 2.23. The highest BCUT2D eigenvalue weighted by atomic mass is 16.6. The molecule has 14 heavy (non-hydrogen) atoms. The lowest BCUT2D eigenvalue weighted by Crippen LogP contribution is -2.39. The lowest BCUT2D eigenvalue weighted by molar-refractivity contribution is 0.0968. The van der Waals surface area contributed by atoms with Gasteiger partial charge in [0.2, 0.25) is 0 Å². The first-order chi connectivity index (χ1) is 6.79. The van der Waals surface area contributed by atoms with Crippen LogP contribution >= 0.6 is 0 Å². The fourth-order valence-corrected chi connectivity index (χ4v) is 1.84. The molecule has 0 saturated heterocycles. The van der Waals surface area contributed by atoms with Gasteiger partial charge in [-0.25, -0.2) is 4.79 Å². The number of hydrogen-bond acceptors (Lipinski definition) is 3. The number of rotatable bonds is 3. The molecule has 1 rings (SSSR count). The van der Waals surface area contributed by atoms with Crippen LogP contribution in [0.3, 0.4) is 0 Å². The van der Waals surface area contributed by atoms with E-state index in [2.05, 4.69) is 0 Å². The monoisotopic (exact) mass is 196 g/mol. The van der Waals surface area contributed by atoms with Crippen molar-refractivity contribution in [2.24, 2.45) is 0 Å². The first-order valence-corrected chi connectivity index (χ1v) is 5.10. The largest absolute Gasteiger partial charge is 0.450 e. The fourth-order valence-electron chi connectivity index (χ4n) is 1.84. The van der Waals surface area contributed by atoms with Crippen molar-refractivity contribution in [2.45, 2.75) is 38.6 Å². The molecule has 0 aliphatic heterocycles. The molecule has 1 fully saturated rings. The van der Waals surface area contributed by atoms with Gasteiger partial charge in [-0.1, -0.05) is 12.8 Å². The first kappa shape index (κ1) is 10.8. The second kappa shape index (κ2) is 5.48. The van der Waals surface area contributed by atoms with Crippen molar-refractivity contribution in [1.82, 2.24) is 4.90 Å². The van der Waals surface area contributed by atoms with Crippen LogP contribution in [0.1, 0.15) is 32.6 Å². The van der Waals surface area contributed by atoms with E-state index in [0.29, 0.717) is 6.61 Å². The summed E-state index contributed by atoms with van der Waals surface area (Å²) in [6.45, 7) is 2.29. The van der Waals surface area contributed by atoms with Gasteiger partial charge in [-0.3, -0.25) is 4.90 Å². The Labute approximate surface area is 84.4 Å². The van der Waals surface area contributed by atoms with Gasteiger partial charge in [-0.15, -0.1) is 0 Å². The van der Waals surface area contributed by atoms with Crippen molar-refractivity contribution < 1.29 is 9.53 Å². The van der Waals surface area contributed by atoms with Crippen LogP contribution in [0.4, 0.5) is 4.79 Å². The van der Waals surface area contributed by atoms with Crippen LogP contribution in [0.15, 0.2) is 0 Å². The molecule has 1 amide bonds. The summed E-state index contributed by atoms with van der Waals surface area (Å²) in [5.41, 5.74) is 0. The zero-order valence-electron chi connectivity index (χ0n) is 8.53. The second-order valence-electron chi connectivity index (χ2n) is 3.42. The van der Waals surface area contributed by atoms with E-state index in [4.69, 9.17) is 10.00 Å². The highest BCUT2D eigenvalue weighted by molar-refractivity contribution is 5.68. The van der Waals surface area contributed by atoms with Crippen LogP contribution in [0, 0.1) is 11.3 Å². The van der Waals surface area contributed by atoms with Gasteiger partial charge in [0.1, 0.15) is 6.54 Å². The predicted octanol–water partition coefficient (Wildman–Crippen LogP) is 1.91. The minimum absolute atomic E-state index is 0.142. The Morgan fingerprint density at radius 2 is 2.21 bits per heavy atom. The van der Waals surface area contributed by atoms with E-state index in [-0.39, 0.29) is 18.7 Å². The zero-order valence-corrected chi connectivity index (χ0v) is 8.53. The van der Waals surface area contributed by atoms with E-state index >= 15 is 0 Å². The minimum atomic E-state index is -0.346. The van der Waals surface area contributed by atoms with Gasteiger partial charge >= 0.3 is 6.09 Å². The maximum absolute atomic E-state index is 11.5. The molecule has 0 radical (unpaired) electrons. The Bertz CT molecular complexity index is 229. The third-order valence-electron chi connectivity index (χ3n) is 2.51. The van der Waals surface area contributed by atoms with Crippen molar-refractivity contribution in [3.8, 4) is 6.07 Å². The van der Waals surface area contributed by atoms with Crippen molar-refractivity contribution in [1.29, 1.82) is 5.26 Å². The van der Waals surface area contributed by atoms with Gasteiger partial charge in [0.15, 0.2) is 0 Å². The molecule has 4 nitrogen and oxygen atoms in total. The summed E-state index contributed by atoms with van der Waals surface area (Å²) in [5, 5.41) is 8.61. The third kappa shape index (κ3) is 2.63. The van der Waals surface area contributed by atoms with Crippen LogP contribution < -0.4 is 0 Å². The topological polar surface area (TPSA) is 53.3 Å². The lowest BCUT2D eigenvalue weighted by atomic mass is 10.2. The average molecular weight is 196 g/mol. The number of nitriles is 1. The Balaban J connectivity index is 2.53. The van der Waals surface area contributed by atoms with E-state index < -0.39 is 0 Å². The SMILES string of the molecule is CCOC(=O)N(CC#N)C1CCCC1. The number of nitrogens with zero attached hydrogens (tertiary/aromatic N) is 2. The van der Waals surface area contributed by atoms with E-state index in [1.807, 2.05) is 6.07 Å². The molecule has 0 N–H and O–H groups in total. The smallest absolute Gasteiger partial charge is 0.410 e. The highest BCUT2D eigenvalue weighted by Gasteiger charge is 2.27. The predicted molar refractivity (Wildman–Crippen MR) is 51.6 cm³/mol. The Kier molecular flexibility index (Phi) is 4.24. The molecule has 1 aliphatic carbocycles. The van der Waals surface area contributed by atoms with E-state index in [0.717, 1.165) is 25.7 Å². The van der Waals surface area contributed by atoms with Crippen molar-refractivity contribution in [3.05, 3.63) is 0 Å². The zero-order chi connectivity index (χ0) is 10.4. The summed E-state index contributed by atoms with van der Waals surface area (Å²) in [7, 11) is 0. The molecular weight excluding hydrogens is 180 g/mol. The number of ether oxygens (including phenoxy) is 1. The molecule has 0 unspecified atom stereocenters. The summed E-state index contributed by atoms with van der Waals surface area (Å²) in [5.74, 6) is 0. The van der Waals surface area contributed by atoms with E-state index in [1.165, 1.54) is 0 Å². The molecule has 0 aromatic heterocycles. The molecule has 0 aromatic carbocycles. The second-order valence-corrected chi connectivity index (χ2v) is 3.42. The van der Waals surface area contributed by atoms with Crippen molar-refractivity contribution in [2.75, 3.05) is 13.2 Å². The number of amides is 1. The number of carbonyl (C=O) groups excluding carboxylic acids is 1. The van der Waals surface area contributed by atoms with Crippen LogP contribution in [0.2, 0.25) is 0 Å². The van der Waals surface area contributed by atoms with Gasteiger partial charge in [-0.2, -0.15) is 5.26 Å². The lowest BCUT2D eigenvalue weighted by Gasteiger charge is -2.25. The molecule has 0 bridgehead atoms. The standard InChI is InChI=1S/C10H16N2O2/c1-2-14-10(13)12(8-7-11)9-5-3-4-6-9/h9H,2-6,8H2,1H3. The summed E-state index contributed by atoms with van der Waals surface area (Å²) < 4.78 is 4.90. The summed E-state index contributed by atoms with van der Waals surface area (Å²) >= 11 is 0. The minimum Gasteiger partial charge on any atom is -0.450 e. The molecule has 0 heterocycles. The summed E-state index contributed by atoms with van der Waals surface area (Å²) in [6.07, 6.45) is 3.94. The molecule has 0 spiro atoms. The van der Waals surface area contributed by atoms with Gasteiger partial charge < -0.3 is 4.74 Å². The number of carbonyl (C=O) groups is 1. The van der Waals surface area contributed by atoms with Gasteiger partial charge in [0.25, 0.3) is 0 Å². The average Bonchev–Trinajstić information content (AvgIpc) is 2.67. The van der Waals surface area contributed by atoms with Crippen LogP contribution in [-0.4, -0.2) is 30.2 Å². The van der Waals surface area contributed by atoms with Gasteiger partial charge in [0, 0.05) is 6.04 Å². The maximum atomic E-state index is 11.5.